The summed E-state index contributed by atoms with van der Waals surface area (Å²) in [7, 11) is 1.77. The summed E-state index contributed by atoms with van der Waals surface area (Å²) < 4.78 is 6.84. The lowest BCUT2D eigenvalue weighted by Gasteiger charge is -2.35. The first-order valence-electron chi connectivity index (χ1n) is 7.98. The van der Waals surface area contributed by atoms with Crippen molar-refractivity contribution in [1.29, 1.82) is 0 Å². The number of hydrogen-bond donors (Lipinski definition) is 1. The van der Waals surface area contributed by atoms with Gasteiger partial charge in [-0.15, -0.1) is 0 Å². The zero-order valence-electron chi connectivity index (χ0n) is 13.9. The van der Waals surface area contributed by atoms with Crippen molar-refractivity contribution in [2.24, 2.45) is 11.3 Å². The molecule has 0 spiro atoms. The molecule has 0 bridgehead atoms. The predicted octanol–water partition coefficient (Wildman–Crippen LogP) is 5.24. The number of nitrogens with one attached hydrogen (secondary N) is 1. The van der Waals surface area contributed by atoms with Crippen LogP contribution in [0.3, 0.4) is 0 Å². The van der Waals surface area contributed by atoms with Crippen molar-refractivity contribution in [2.45, 2.75) is 53.0 Å². The van der Waals surface area contributed by atoms with E-state index in [4.69, 9.17) is 4.74 Å². The summed E-state index contributed by atoms with van der Waals surface area (Å²) in [6, 6.07) is 4.75. The Kier molecular flexibility index (Phi) is 5.37. The second kappa shape index (κ2) is 6.70. The molecule has 3 heteroatoms. The highest BCUT2D eigenvalue weighted by molar-refractivity contribution is 9.10. The molecule has 0 heterocycles. The highest BCUT2D eigenvalue weighted by atomic mass is 79.9. The molecule has 1 saturated carbocycles. The van der Waals surface area contributed by atoms with E-state index in [-0.39, 0.29) is 0 Å². The third-order valence-electron chi connectivity index (χ3n) is 5.01. The summed E-state index contributed by atoms with van der Waals surface area (Å²) in [4.78, 5) is 0. The van der Waals surface area contributed by atoms with Crippen LogP contribution in [0.15, 0.2) is 16.6 Å². The van der Waals surface area contributed by atoms with Crippen LogP contribution in [0.25, 0.3) is 0 Å². The number of ether oxygens (including phenoxy) is 1. The average Bonchev–Trinajstić information content (AvgIpc) is 2.78. The molecule has 0 aromatic heterocycles. The minimum atomic E-state index is 0.361. The Morgan fingerprint density at radius 1 is 1.43 bits per heavy atom. The van der Waals surface area contributed by atoms with Crippen molar-refractivity contribution >= 4 is 15.9 Å². The maximum Gasteiger partial charge on any atom is 0.123 e. The van der Waals surface area contributed by atoms with E-state index >= 15 is 0 Å². The zero-order chi connectivity index (χ0) is 15.6. The van der Waals surface area contributed by atoms with Gasteiger partial charge in [0.15, 0.2) is 0 Å². The Balaban J connectivity index is 2.45. The summed E-state index contributed by atoms with van der Waals surface area (Å²) in [6.45, 7) is 10.1. The molecule has 2 unspecified atom stereocenters. The van der Waals surface area contributed by atoms with E-state index < -0.39 is 0 Å². The summed E-state index contributed by atoms with van der Waals surface area (Å²) in [5.41, 5.74) is 2.89. The minimum Gasteiger partial charge on any atom is -0.496 e. The fourth-order valence-electron chi connectivity index (χ4n) is 3.75. The van der Waals surface area contributed by atoms with Gasteiger partial charge in [0, 0.05) is 16.1 Å². The van der Waals surface area contributed by atoms with Gasteiger partial charge in [-0.25, -0.2) is 0 Å². The summed E-state index contributed by atoms with van der Waals surface area (Å²) in [5, 5.41) is 3.72. The number of halogens is 1. The highest BCUT2D eigenvalue weighted by Crippen LogP contribution is 2.50. The number of aryl methyl sites for hydroxylation is 1. The van der Waals surface area contributed by atoms with Crippen LogP contribution in [0.2, 0.25) is 0 Å². The molecule has 118 valence electrons. The Morgan fingerprint density at radius 2 is 2.14 bits per heavy atom. The first-order valence-corrected chi connectivity index (χ1v) is 8.77. The topological polar surface area (TPSA) is 21.3 Å². The van der Waals surface area contributed by atoms with E-state index in [1.165, 1.54) is 30.4 Å². The average molecular weight is 354 g/mol. The molecule has 0 aliphatic heterocycles. The van der Waals surface area contributed by atoms with Crippen LogP contribution in [-0.4, -0.2) is 13.7 Å². The number of hydrogen-bond acceptors (Lipinski definition) is 2. The molecule has 1 aliphatic carbocycles. The Morgan fingerprint density at radius 3 is 2.67 bits per heavy atom. The predicted molar refractivity (Wildman–Crippen MR) is 93.0 cm³/mol. The molecule has 1 fully saturated rings. The Bertz CT molecular complexity index is 498. The first-order chi connectivity index (χ1) is 9.90. The summed E-state index contributed by atoms with van der Waals surface area (Å²) in [5.74, 6) is 1.66. The van der Waals surface area contributed by atoms with Crippen LogP contribution in [0, 0.1) is 18.3 Å². The molecule has 1 N–H and O–H groups in total. The monoisotopic (exact) mass is 353 g/mol. The van der Waals surface area contributed by atoms with Crippen molar-refractivity contribution < 1.29 is 4.74 Å². The standard InChI is InChI=1S/C18H28BrNO/c1-6-20-17(14-8-7-9-18(14,3)4)13-11-15(19)12(2)10-16(13)21-5/h10-11,14,17,20H,6-9H2,1-5H3. The maximum absolute atomic E-state index is 5.68. The van der Waals surface area contributed by atoms with Gasteiger partial charge in [-0.05, 0) is 55.3 Å². The maximum atomic E-state index is 5.68. The highest BCUT2D eigenvalue weighted by Gasteiger charge is 2.40. The molecule has 1 aromatic carbocycles. The van der Waals surface area contributed by atoms with E-state index in [0.29, 0.717) is 17.4 Å². The molecule has 0 saturated heterocycles. The van der Waals surface area contributed by atoms with Gasteiger partial charge in [-0.1, -0.05) is 43.1 Å². The van der Waals surface area contributed by atoms with Crippen molar-refractivity contribution in [3.8, 4) is 5.75 Å². The molecule has 2 rings (SSSR count). The van der Waals surface area contributed by atoms with Crippen LogP contribution >= 0.6 is 15.9 Å². The first kappa shape index (κ1) is 16.8. The third-order valence-corrected chi connectivity index (χ3v) is 5.87. The number of methoxy groups -OCH3 is 1. The van der Waals surface area contributed by atoms with Gasteiger partial charge in [0.05, 0.1) is 7.11 Å². The quantitative estimate of drug-likeness (QED) is 0.780. The molecular formula is C18H28BrNO. The molecule has 0 amide bonds. The van der Waals surface area contributed by atoms with Gasteiger partial charge in [-0.2, -0.15) is 0 Å². The van der Waals surface area contributed by atoms with Crippen LogP contribution in [0.1, 0.15) is 57.2 Å². The van der Waals surface area contributed by atoms with Gasteiger partial charge in [0.25, 0.3) is 0 Å². The van der Waals surface area contributed by atoms with Gasteiger partial charge >= 0.3 is 0 Å². The fraction of sp³-hybridized carbons (Fsp3) is 0.667. The Labute approximate surface area is 137 Å². The van der Waals surface area contributed by atoms with Gasteiger partial charge in [-0.3, -0.25) is 0 Å². The second-order valence-electron chi connectivity index (χ2n) is 6.87. The van der Waals surface area contributed by atoms with Crippen molar-refractivity contribution in [3.63, 3.8) is 0 Å². The molecule has 1 aliphatic rings. The molecule has 2 nitrogen and oxygen atoms in total. The van der Waals surface area contributed by atoms with Gasteiger partial charge in [0.1, 0.15) is 5.75 Å². The molecule has 0 radical (unpaired) electrons. The van der Waals surface area contributed by atoms with Crippen LogP contribution < -0.4 is 10.1 Å². The molecular weight excluding hydrogens is 326 g/mol. The van der Waals surface area contributed by atoms with Gasteiger partial charge < -0.3 is 10.1 Å². The lowest BCUT2D eigenvalue weighted by Crippen LogP contribution is -2.34. The van der Waals surface area contributed by atoms with Crippen LogP contribution in [0.5, 0.6) is 5.75 Å². The lowest BCUT2D eigenvalue weighted by molar-refractivity contribution is 0.196. The minimum absolute atomic E-state index is 0.361. The summed E-state index contributed by atoms with van der Waals surface area (Å²) >= 11 is 3.68. The third kappa shape index (κ3) is 3.45. The van der Waals surface area contributed by atoms with E-state index in [1.54, 1.807) is 7.11 Å². The van der Waals surface area contributed by atoms with Crippen molar-refractivity contribution in [3.05, 3.63) is 27.7 Å². The van der Waals surface area contributed by atoms with Crippen molar-refractivity contribution in [2.75, 3.05) is 13.7 Å². The van der Waals surface area contributed by atoms with Crippen molar-refractivity contribution in [1.82, 2.24) is 5.32 Å². The van der Waals surface area contributed by atoms with Gasteiger partial charge in [0.2, 0.25) is 0 Å². The lowest BCUT2D eigenvalue weighted by atomic mass is 9.75. The van der Waals surface area contributed by atoms with E-state index in [1.807, 2.05) is 0 Å². The SMILES string of the molecule is CCNC(c1cc(Br)c(C)cc1OC)C1CCCC1(C)C. The smallest absolute Gasteiger partial charge is 0.123 e. The van der Waals surface area contributed by atoms with E-state index in [9.17, 15) is 0 Å². The van der Waals surface area contributed by atoms with E-state index in [0.717, 1.165) is 16.8 Å². The van der Waals surface area contributed by atoms with Crippen LogP contribution in [0.4, 0.5) is 0 Å². The van der Waals surface area contributed by atoms with Crippen LogP contribution in [-0.2, 0) is 0 Å². The summed E-state index contributed by atoms with van der Waals surface area (Å²) in [6.07, 6.45) is 3.93. The Hall–Kier alpha value is -0.540. The number of benzene rings is 1. The molecule has 1 aromatic rings. The second-order valence-corrected chi connectivity index (χ2v) is 7.72. The largest absolute Gasteiger partial charge is 0.496 e. The normalized spacial score (nSPS) is 22.3. The zero-order valence-corrected chi connectivity index (χ0v) is 15.5. The fourth-order valence-corrected chi connectivity index (χ4v) is 4.11. The molecule has 2 atom stereocenters. The van der Waals surface area contributed by atoms with E-state index in [2.05, 4.69) is 61.1 Å². The number of rotatable bonds is 5. The molecule has 21 heavy (non-hydrogen) atoms.